The summed E-state index contributed by atoms with van der Waals surface area (Å²) in [4.78, 5) is 16.6. The fourth-order valence-electron chi connectivity index (χ4n) is 3.32. The van der Waals surface area contributed by atoms with E-state index in [2.05, 4.69) is 49.1 Å². The Hall–Kier alpha value is -1.55. The monoisotopic (exact) mass is 332 g/mol. The minimum absolute atomic E-state index is 0.174. The van der Waals surface area contributed by atoms with E-state index in [0.717, 1.165) is 19.5 Å². The second-order valence-electron chi connectivity index (χ2n) is 7.96. The topological polar surface area (TPSA) is 32.8 Å². The zero-order valence-corrected chi connectivity index (χ0v) is 16.0. The molecule has 134 valence electrons. The lowest BCUT2D eigenvalue weighted by molar-refractivity contribution is 0.0185. The summed E-state index contributed by atoms with van der Waals surface area (Å²) in [5.41, 5.74) is 0.903. The highest BCUT2D eigenvalue weighted by atomic mass is 16.6. The number of ether oxygens (including phenoxy) is 1. The molecule has 2 rings (SSSR count). The first-order valence-electron chi connectivity index (χ1n) is 8.94. The van der Waals surface area contributed by atoms with Gasteiger partial charge in [-0.15, -0.1) is 0 Å². The third-order valence-corrected chi connectivity index (χ3v) is 5.06. The van der Waals surface area contributed by atoms with E-state index in [0.29, 0.717) is 12.0 Å². The van der Waals surface area contributed by atoms with Crippen molar-refractivity contribution in [2.45, 2.75) is 58.7 Å². The van der Waals surface area contributed by atoms with Crippen molar-refractivity contribution in [1.82, 2.24) is 9.80 Å². The summed E-state index contributed by atoms with van der Waals surface area (Å²) in [6, 6.07) is 11.2. The van der Waals surface area contributed by atoms with Crippen molar-refractivity contribution in [3.8, 4) is 0 Å². The Morgan fingerprint density at radius 2 is 1.88 bits per heavy atom. The third kappa shape index (κ3) is 4.73. The molecule has 4 heteroatoms. The van der Waals surface area contributed by atoms with Crippen LogP contribution in [-0.4, -0.2) is 47.7 Å². The molecule has 1 amide bonds. The summed E-state index contributed by atoms with van der Waals surface area (Å²) in [5, 5.41) is 0. The number of hydrogen-bond donors (Lipinski definition) is 0. The molecule has 1 aliphatic heterocycles. The number of amides is 1. The van der Waals surface area contributed by atoms with Gasteiger partial charge in [-0.3, -0.25) is 4.90 Å². The molecule has 0 spiro atoms. The van der Waals surface area contributed by atoms with Gasteiger partial charge < -0.3 is 9.64 Å². The van der Waals surface area contributed by atoms with Gasteiger partial charge in [-0.2, -0.15) is 0 Å². The van der Waals surface area contributed by atoms with E-state index in [1.165, 1.54) is 5.56 Å². The van der Waals surface area contributed by atoms with Crippen molar-refractivity contribution in [3.05, 3.63) is 35.9 Å². The summed E-state index contributed by atoms with van der Waals surface area (Å²) in [5.74, 6) is 0.480. The van der Waals surface area contributed by atoms with Crippen LogP contribution >= 0.6 is 0 Å². The number of carbonyl (C=O) groups excluding carboxylic acids is 1. The van der Waals surface area contributed by atoms with Gasteiger partial charge in [0.1, 0.15) is 5.60 Å². The van der Waals surface area contributed by atoms with E-state index in [4.69, 9.17) is 4.74 Å². The van der Waals surface area contributed by atoms with Crippen LogP contribution in [0.15, 0.2) is 30.3 Å². The van der Waals surface area contributed by atoms with E-state index >= 15 is 0 Å². The first-order valence-corrected chi connectivity index (χ1v) is 8.94. The molecule has 0 aliphatic carbocycles. The van der Waals surface area contributed by atoms with Crippen molar-refractivity contribution in [3.63, 3.8) is 0 Å². The molecule has 4 nitrogen and oxygen atoms in total. The molecule has 1 aliphatic rings. The first-order chi connectivity index (χ1) is 11.2. The Morgan fingerprint density at radius 1 is 1.25 bits per heavy atom. The number of rotatable bonds is 4. The Bertz CT molecular complexity index is 538. The van der Waals surface area contributed by atoms with Gasteiger partial charge in [0, 0.05) is 25.7 Å². The van der Waals surface area contributed by atoms with Crippen LogP contribution < -0.4 is 0 Å². The lowest BCUT2D eigenvalue weighted by atomic mass is 9.99. The zero-order chi connectivity index (χ0) is 17.9. The second kappa shape index (κ2) is 7.56. The quantitative estimate of drug-likeness (QED) is 0.823. The van der Waals surface area contributed by atoms with Gasteiger partial charge in [0.05, 0.1) is 0 Å². The average Bonchev–Trinajstić information content (AvgIpc) is 3.01. The fraction of sp³-hybridized carbons (Fsp3) is 0.650. The summed E-state index contributed by atoms with van der Waals surface area (Å²) in [7, 11) is 1.85. The van der Waals surface area contributed by atoms with Gasteiger partial charge in [0.25, 0.3) is 0 Å². The number of hydrogen-bond acceptors (Lipinski definition) is 3. The van der Waals surface area contributed by atoms with Crippen LogP contribution in [0.25, 0.3) is 0 Å². The predicted octanol–water partition coefficient (Wildman–Crippen LogP) is 4.32. The van der Waals surface area contributed by atoms with Crippen molar-refractivity contribution in [2.24, 2.45) is 5.92 Å². The summed E-state index contributed by atoms with van der Waals surface area (Å²) < 4.78 is 5.50. The van der Waals surface area contributed by atoms with Crippen LogP contribution in [0.5, 0.6) is 0 Å². The molecular formula is C20H32N2O2. The highest BCUT2D eigenvalue weighted by molar-refractivity contribution is 5.68. The lowest BCUT2D eigenvalue weighted by Gasteiger charge is -2.32. The lowest BCUT2D eigenvalue weighted by Crippen LogP contribution is -2.43. The molecule has 1 heterocycles. The number of likely N-dealkylation sites (tertiary alicyclic amines) is 1. The maximum Gasteiger partial charge on any atom is 0.410 e. The maximum atomic E-state index is 12.3. The number of benzene rings is 1. The van der Waals surface area contributed by atoms with E-state index in [9.17, 15) is 4.79 Å². The maximum absolute atomic E-state index is 12.3. The first kappa shape index (κ1) is 18.8. The molecule has 0 saturated carbocycles. The van der Waals surface area contributed by atoms with Crippen LogP contribution in [0.4, 0.5) is 4.79 Å². The van der Waals surface area contributed by atoms with Crippen molar-refractivity contribution in [1.29, 1.82) is 0 Å². The Balaban J connectivity index is 1.93. The van der Waals surface area contributed by atoms with Gasteiger partial charge in [-0.1, -0.05) is 30.3 Å². The minimum Gasteiger partial charge on any atom is -0.444 e. The summed E-state index contributed by atoms with van der Waals surface area (Å²) in [6.07, 6.45) is 0.885. The van der Waals surface area contributed by atoms with Crippen LogP contribution in [0.3, 0.4) is 0 Å². The molecular weight excluding hydrogens is 300 g/mol. The van der Waals surface area contributed by atoms with Crippen molar-refractivity contribution in [2.75, 3.05) is 20.1 Å². The molecule has 0 N–H and O–H groups in total. The largest absolute Gasteiger partial charge is 0.444 e. The summed E-state index contributed by atoms with van der Waals surface area (Å²) in [6.45, 7) is 12.2. The molecule has 1 fully saturated rings. The van der Waals surface area contributed by atoms with Gasteiger partial charge in [-0.25, -0.2) is 4.79 Å². The van der Waals surface area contributed by atoms with Gasteiger partial charge in [0.2, 0.25) is 0 Å². The van der Waals surface area contributed by atoms with E-state index in [-0.39, 0.29) is 12.1 Å². The molecule has 0 aromatic heterocycles. The number of nitrogens with zero attached hydrogens (tertiary/aromatic N) is 2. The standard InChI is InChI=1S/C20H32N2O2/c1-15(21(6)19(23)24-20(3,4)5)18-12-13-22(14-18)16(2)17-10-8-7-9-11-17/h7-11,15-16,18H,12-14H2,1-6H3/t15?,16-,18?/m0/s1. The Morgan fingerprint density at radius 3 is 2.46 bits per heavy atom. The molecule has 1 saturated heterocycles. The molecule has 1 aromatic rings. The van der Waals surface area contributed by atoms with Gasteiger partial charge in [-0.05, 0) is 59.1 Å². The van der Waals surface area contributed by atoms with Crippen molar-refractivity contribution >= 4 is 6.09 Å². The third-order valence-electron chi connectivity index (χ3n) is 5.06. The Kier molecular flexibility index (Phi) is 5.92. The molecule has 1 aromatic carbocycles. The van der Waals surface area contributed by atoms with E-state index < -0.39 is 5.60 Å². The van der Waals surface area contributed by atoms with Crippen LogP contribution in [0.1, 0.15) is 52.6 Å². The predicted molar refractivity (Wildman–Crippen MR) is 98.0 cm³/mol. The van der Waals surface area contributed by atoms with Crippen LogP contribution in [0, 0.1) is 5.92 Å². The molecule has 0 bridgehead atoms. The highest BCUT2D eigenvalue weighted by Crippen LogP contribution is 2.30. The molecule has 2 unspecified atom stereocenters. The van der Waals surface area contributed by atoms with Crippen LogP contribution in [0.2, 0.25) is 0 Å². The Labute approximate surface area is 146 Å². The van der Waals surface area contributed by atoms with Crippen molar-refractivity contribution < 1.29 is 9.53 Å². The zero-order valence-electron chi connectivity index (χ0n) is 16.0. The van der Waals surface area contributed by atoms with E-state index in [1.807, 2.05) is 27.8 Å². The SMILES string of the molecule is CC(C1CCN([C@@H](C)c2ccccc2)C1)N(C)C(=O)OC(C)(C)C. The second-order valence-corrected chi connectivity index (χ2v) is 7.96. The summed E-state index contributed by atoms with van der Waals surface area (Å²) >= 11 is 0. The highest BCUT2D eigenvalue weighted by Gasteiger charge is 2.34. The fourth-order valence-corrected chi connectivity index (χ4v) is 3.32. The smallest absolute Gasteiger partial charge is 0.410 e. The molecule has 24 heavy (non-hydrogen) atoms. The van der Waals surface area contributed by atoms with Gasteiger partial charge >= 0.3 is 6.09 Å². The minimum atomic E-state index is -0.450. The normalized spacial score (nSPS) is 21.3. The molecule has 3 atom stereocenters. The molecule has 0 radical (unpaired) electrons. The average molecular weight is 332 g/mol. The van der Waals surface area contributed by atoms with Gasteiger partial charge in [0.15, 0.2) is 0 Å². The van der Waals surface area contributed by atoms with E-state index in [1.54, 1.807) is 4.90 Å². The number of carbonyl (C=O) groups is 1. The van der Waals surface area contributed by atoms with Crippen LogP contribution in [-0.2, 0) is 4.74 Å².